The van der Waals surface area contributed by atoms with Crippen LogP contribution in [0.5, 0.6) is 0 Å². The van der Waals surface area contributed by atoms with Gasteiger partial charge < -0.3 is 20.7 Å². The Hall–Kier alpha value is -3.53. The van der Waals surface area contributed by atoms with Gasteiger partial charge in [0.2, 0.25) is 0 Å². The fourth-order valence-electron chi connectivity index (χ4n) is 2.78. The average molecular weight is 475 g/mol. The highest BCUT2D eigenvalue weighted by Crippen LogP contribution is 2.27. The van der Waals surface area contributed by atoms with Crippen LogP contribution in [0.25, 0.3) is 10.4 Å². The summed E-state index contributed by atoms with van der Waals surface area (Å²) in [7, 11) is 0. The molecule has 0 radical (unpaired) electrons. The van der Waals surface area contributed by atoms with E-state index in [2.05, 4.69) is 20.9 Å². The van der Waals surface area contributed by atoms with Gasteiger partial charge in [0.25, 0.3) is 0 Å². The van der Waals surface area contributed by atoms with Gasteiger partial charge in [0, 0.05) is 36.6 Å². The number of thiazole rings is 1. The molecule has 0 atom stereocenters. The fourth-order valence-corrected chi connectivity index (χ4v) is 3.70. The summed E-state index contributed by atoms with van der Waals surface area (Å²) >= 11 is 1.50. The molecular weight excluding hydrogens is 450 g/mol. The molecule has 7 nitrogen and oxygen atoms in total. The lowest BCUT2D eigenvalue weighted by atomic mass is 10.2. The Morgan fingerprint density at radius 3 is 2.27 bits per heavy atom. The van der Waals surface area contributed by atoms with E-state index in [0.29, 0.717) is 18.7 Å². The molecular formula is C23H24F2N4O3S. The molecule has 2 aromatic carbocycles. The van der Waals surface area contributed by atoms with Crippen LogP contribution in [0.1, 0.15) is 25.8 Å². The number of alkyl carbamates (subject to hydrolysis) is 1. The lowest BCUT2D eigenvalue weighted by Crippen LogP contribution is -2.33. The van der Waals surface area contributed by atoms with E-state index in [0.717, 1.165) is 33.6 Å². The number of urea groups is 1. The summed E-state index contributed by atoms with van der Waals surface area (Å²) in [6.45, 7) is 5.82. The number of halogens is 2. The molecule has 3 aromatic rings. The number of hydrogen-bond acceptors (Lipinski definition) is 5. The van der Waals surface area contributed by atoms with E-state index in [1.807, 2.05) is 12.1 Å². The largest absolute Gasteiger partial charge is 0.444 e. The SMILES string of the molecule is CC(C)(C)OC(=O)NCCc1ncc(-c2ccc(NC(=O)Nc3cc(F)cc(F)c3)cc2)s1. The molecule has 0 spiro atoms. The minimum Gasteiger partial charge on any atom is -0.444 e. The average Bonchev–Trinajstić information content (AvgIpc) is 3.15. The van der Waals surface area contributed by atoms with E-state index >= 15 is 0 Å². The maximum absolute atomic E-state index is 13.2. The summed E-state index contributed by atoms with van der Waals surface area (Å²) in [6, 6.07) is 9.23. The number of hydrogen-bond donors (Lipinski definition) is 3. The highest BCUT2D eigenvalue weighted by Gasteiger charge is 2.15. The Morgan fingerprint density at radius 1 is 1.00 bits per heavy atom. The second-order valence-corrected chi connectivity index (χ2v) is 9.23. The van der Waals surface area contributed by atoms with Crippen molar-refractivity contribution in [1.82, 2.24) is 10.3 Å². The first-order chi connectivity index (χ1) is 15.6. The summed E-state index contributed by atoms with van der Waals surface area (Å²) in [6.07, 6.45) is 1.86. The van der Waals surface area contributed by atoms with Crippen LogP contribution in [0.15, 0.2) is 48.7 Å². The van der Waals surface area contributed by atoms with Crippen molar-refractivity contribution in [3.63, 3.8) is 0 Å². The minimum absolute atomic E-state index is 0.0139. The van der Waals surface area contributed by atoms with E-state index in [4.69, 9.17) is 4.74 Å². The van der Waals surface area contributed by atoms with E-state index in [-0.39, 0.29) is 5.69 Å². The maximum Gasteiger partial charge on any atom is 0.407 e. The number of ether oxygens (including phenoxy) is 1. The van der Waals surface area contributed by atoms with Crippen molar-refractivity contribution in [2.24, 2.45) is 0 Å². The van der Waals surface area contributed by atoms with Crippen LogP contribution in [0, 0.1) is 11.6 Å². The molecule has 0 saturated carbocycles. The Labute approximate surface area is 194 Å². The third-order valence-corrected chi connectivity index (χ3v) is 5.21. The van der Waals surface area contributed by atoms with Crippen molar-refractivity contribution in [2.75, 3.05) is 17.2 Å². The first kappa shape index (κ1) is 24.1. The lowest BCUT2D eigenvalue weighted by molar-refractivity contribution is 0.0528. The third kappa shape index (κ3) is 7.83. The van der Waals surface area contributed by atoms with Crippen LogP contribution in [0.4, 0.5) is 29.7 Å². The Morgan fingerprint density at radius 2 is 1.64 bits per heavy atom. The van der Waals surface area contributed by atoms with E-state index in [9.17, 15) is 18.4 Å². The molecule has 33 heavy (non-hydrogen) atoms. The lowest BCUT2D eigenvalue weighted by Gasteiger charge is -2.19. The molecule has 0 fully saturated rings. The number of carbonyl (C=O) groups excluding carboxylic acids is 2. The predicted molar refractivity (Wildman–Crippen MR) is 124 cm³/mol. The maximum atomic E-state index is 13.2. The van der Waals surface area contributed by atoms with Crippen molar-refractivity contribution in [1.29, 1.82) is 0 Å². The molecule has 3 amide bonds. The van der Waals surface area contributed by atoms with Crippen LogP contribution in [0.2, 0.25) is 0 Å². The molecule has 0 aliphatic heterocycles. The first-order valence-electron chi connectivity index (χ1n) is 10.1. The second kappa shape index (κ2) is 10.4. The Bertz CT molecular complexity index is 1110. The van der Waals surface area contributed by atoms with Gasteiger partial charge in [-0.25, -0.2) is 23.4 Å². The number of amides is 3. The van der Waals surface area contributed by atoms with Crippen LogP contribution < -0.4 is 16.0 Å². The van der Waals surface area contributed by atoms with Gasteiger partial charge in [-0.05, 0) is 50.6 Å². The zero-order valence-corrected chi connectivity index (χ0v) is 19.2. The highest BCUT2D eigenvalue weighted by molar-refractivity contribution is 7.15. The molecule has 0 bridgehead atoms. The number of benzene rings is 2. The normalized spacial score (nSPS) is 11.1. The van der Waals surface area contributed by atoms with E-state index in [1.54, 1.807) is 39.1 Å². The number of aromatic nitrogens is 1. The number of nitrogens with zero attached hydrogens (tertiary/aromatic N) is 1. The minimum atomic E-state index is -0.779. The van der Waals surface area contributed by atoms with Crippen LogP contribution in [0.3, 0.4) is 0 Å². The van der Waals surface area contributed by atoms with Crippen molar-refractivity contribution in [2.45, 2.75) is 32.8 Å². The van der Waals surface area contributed by atoms with Crippen molar-refractivity contribution in [3.05, 3.63) is 65.3 Å². The van der Waals surface area contributed by atoms with Crippen LogP contribution >= 0.6 is 11.3 Å². The van der Waals surface area contributed by atoms with Gasteiger partial charge in [0.1, 0.15) is 17.2 Å². The number of rotatable bonds is 6. The zero-order valence-electron chi connectivity index (χ0n) is 18.4. The Balaban J connectivity index is 1.51. The van der Waals surface area contributed by atoms with Crippen molar-refractivity contribution in [3.8, 4) is 10.4 Å². The summed E-state index contributed by atoms with van der Waals surface area (Å²) in [4.78, 5) is 29.1. The molecule has 0 unspecified atom stereocenters. The number of carbonyl (C=O) groups is 2. The van der Waals surface area contributed by atoms with Gasteiger partial charge in [0.15, 0.2) is 0 Å². The summed E-state index contributed by atoms with van der Waals surface area (Å²) in [5.74, 6) is -1.56. The van der Waals surface area contributed by atoms with Gasteiger partial charge in [-0.2, -0.15) is 0 Å². The van der Waals surface area contributed by atoms with Crippen LogP contribution in [-0.2, 0) is 11.2 Å². The topological polar surface area (TPSA) is 92.3 Å². The molecule has 174 valence electrons. The van der Waals surface area contributed by atoms with Crippen molar-refractivity contribution < 1.29 is 23.1 Å². The van der Waals surface area contributed by atoms with E-state index in [1.165, 1.54) is 11.3 Å². The van der Waals surface area contributed by atoms with E-state index < -0.39 is 29.4 Å². The molecule has 0 aliphatic rings. The molecule has 1 aromatic heterocycles. The summed E-state index contributed by atoms with van der Waals surface area (Å²) in [5.41, 5.74) is 0.897. The van der Waals surface area contributed by atoms with Gasteiger partial charge in [-0.3, -0.25) is 0 Å². The number of anilines is 2. The monoisotopic (exact) mass is 474 g/mol. The summed E-state index contributed by atoms with van der Waals surface area (Å²) in [5, 5.41) is 8.56. The van der Waals surface area contributed by atoms with Gasteiger partial charge in [-0.15, -0.1) is 11.3 Å². The fraction of sp³-hybridized carbons (Fsp3) is 0.261. The first-order valence-corrected chi connectivity index (χ1v) is 11.0. The molecule has 0 aliphatic carbocycles. The van der Waals surface area contributed by atoms with Gasteiger partial charge in [-0.1, -0.05) is 12.1 Å². The Kier molecular flexibility index (Phi) is 7.59. The standard InChI is InChI=1S/C23H24F2N4O3S/c1-23(2,3)32-22(31)26-9-8-20-27-13-19(33-20)14-4-6-17(7-5-14)28-21(30)29-18-11-15(24)10-16(25)12-18/h4-7,10-13H,8-9H2,1-3H3,(H,26,31)(H2,28,29,30). The summed E-state index contributed by atoms with van der Waals surface area (Å²) < 4.78 is 31.7. The zero-order chi connectivity index (χ0) is 24.0. The van der Waals surface area contributed by atoms with Crippen LogP contribution in [-0.4, -0.2) is 29.3 Å². The van der Waals surface area contributed by atoms with Gasteiger partial charge >= 0.3 is 12.1 Å². The highest BCUT2D eigenvalue weighted by atomic mass is 32.1. The second-order valence-electron chi connectivity index (χ2n) is 8.11. The number of nitrogens with one attached hydrogen (secondary N) is 3. The van der Waals surface area contributed by atoms with Crippen molar-refractivity contribution >= 4 is 34.8 Å². The van der Waals surface area contributed by atoms with Gasteiger partial charge in [0.05, 0.1) is 9.88 Å². The molecule has 0 saturated heterocycles. The molecule has 1 heterocycles. The molecule has 10 heteroatoms. The quantitative estimate of drug-likeness (QED) is 0.421. The molecule has 3 N–H and O–H groups in total. The third-order valence-electron chi connectivity index (χ3n) is 4.11. The predicted octanol–water partition coefficient (Wildman–Crippen LogP) is 5.80. The smallest absolute Gasteiger partial charge is 0.407 e. The molecule has 3 rings (SSSR count).